The number of hydrogen-bond donors (Lipinski definition) is 1. The fourth-order valence-electron chi connectivity index (χ4n) is 1.62. The van der Waals surface area contributed by atoms with Crippen LogP contribution in [0.5, 0.6) is 5.75 Å². The number of benzene rings is 1. The molecule has 18 heavy (non-hydrogen) atoms. The first kappa shape index (κ1) is 14.9. The van der Waals surface area contributed by atoms with Gasteiger partial charge in [0.15, 0.2) is 11.6 Å². The lowest BCUT2D eigenvalue weighted by atomic mass is 10.2. The Hall–Kier alpha value is -1.16. The third kappa shape index (κ3) is 5.96. The third-order valence-corrected chi connectivity index (χ3v) is 2.64. The van der Waals surface area contributed by atoms with E-state index in [1.165, 1.54) is 19.3 Å². The Morgan fingerprint density at radius 1 is 1.11 bits per heavy atom. The number of rotatable bonds is 9. The molecule has 0 aliphatic heterocycles. The van der Waals surface area contributed by atoms with Crippen LogP contribution in [0.15, 0.2) is 18.2 Å². The Kier molecular flexibility index (Phi) is 7.34. The molecule has 0 bridgehead atoms. The Balaban J connectivity index is 2.09. The first-order chi connectivity index (χ1) is 8.74. The van der Waals surface area contributed by atoms with E-state index in [1.807, 2.05) is 0 Å². The summed E-state index contributed by atoms with van der Waals surface area (Å²) in [7, 11) is 0. The van der Waals surface area contributed by atoms with Crippen LogP contribution in [0.3, 0.4) is 0 Å². The number of ether oxygens (including phenoxy) is 1. The molecule has 0 aromatic heterocycles. The van der Waals surface area contributed by atoms with Gasteiger partial charge in [0, 0.05) is 12.6 Å². The van der Waals surface area contributed by atoms with Crippen LogP contribution in [0, 0.1) is 11.6 Å². The van der Waals surface area contributed by atoms with E-state index in [1.54, 1.807) is 0 Å². The fourth-order valence-corrected chi connectivity index (χ4v) is 1.62. The van der Waals surface area contributed by atoms with E-state index in [-0.39, 0.29) is 5.75 Å². The number of unbranched alkanes of at least 4 members (excludes halogenated alkanes) is 3. The van der Waals surface area contributed by atoms with Gasteiger partial charge in [-0.15, -0.1) is 0 Å². The molecule has 0 heterocycles. The minimum absolute atomic E-state index is 0.0252. The summed E-state index contributed by atoms with van der Waals surface area (Å²) < 4.78 is 31.2. The predicted octanol–water partition coefficient (Wildman–Crippen LogP) is 3.51. The van der Waals surface area contributed by atoms with E-state index < -0.39 is 11.6 Å². The van der Waals surface area contributed by atoms with Gasteiger partial charge in [-0.05, 0) is 25.1 Å². The van der Waals surface area contributed by atoms with Gasteiger partial charge in [0.1, 0.15) is 12.4 Å². The van der Waals surface area contributed by atoms with Crippen LogP contribution in [0.25, 0.3) is 0 Å². The summed E-state index contributed by atoms with van der Waals surface area (Å²) in [4.78, 5) is 0. The number of hydrogen-bond acceptors (Lipinski definition) is 2. The Morgan fingerprint density at radius 2 is 1.94 bits per heavy atom. The molecule has 0 unspecified atom stereocenters. The van der Waals surface area contributed by atoms with E-state index in [2.05, 4.69) is 12.2 Å². The van der Waals surface area contributed by atoms with E-state index >= 15 is 0 Å². The molecule has 0 aliphatic carbocycles. The van der Waals surface area contributed by atoms with Crippen LogP contribution in [0.1, 0.15) is 32.6 Å². The average molecular weight is 257 g/mol. The van der Waals surface area contributed by atoms with Gasteiger partial charge in [0.2, 0.25) is 0 Å². The maximum Gasteiger partial charge on any atom is 0.165 e. The van der Waals surface area contributed by atoms with Crippen LogP contribution in [-0.2, 0) is 0 Å². The van der Waals surface area contributed by atoms with Gasteiger partial charge in [-0.25, -0.2) is 8.78 Å². The molecule has 1 N–H and O–H groups in total. The highest BCUT2D eigenvalue weighted by Crippen LogP contribution is 2.17. The van der Waals surface area contributed by atoms with Gasteiger partial charge in [0.05, 0.1) is 0 Å². The Bertz CT molecular complexity index is 345. The molecule has 4 heteroatoms. The van der Waals surface area contributed by atoms with Crippen LogP contribution in [0.2, 0.25) is 0 Å². The minimum atomic E-state index is -0.528. The van der Waals surface area contributed by atoms with Crippen LogP contribution in [-0.4, -0.2) is 19.7 Å². The highest BCUT2D eigenvalue weighted by atomic mass is 19.1. The molecule has 0 saturated heterocycles. The fraction of sp³-hybridized carbons (Fsp3) is 0.571. The van der Waals surface area contributed by atoms with Crippen LogP contribution >= 0.6 is 0 Å². The Labute approximate surface area is 107 Å². The van der Waals surface area contributed by atoms with Crippen molar-refractivity contribution in [2.24, 2.45) is 0 Å². The van der Waals surface area contributed by atoms with Crippen molar-refractivity contribution in [3.05, 3.63) is 29.8 Å². The van der Waals surface area contributed by atoms with Crippen molar-refractivity contribution in [2.45, 2.75) is 32.6 Å². The Morgan fingerprint density at radius 3 is 2.72 bits per heavy atom. The molecule has 0 atom stereocenters. The van der Waals surface area contributed by atoms with E-state index in [0.29, 0.717) is 13.2 Å². The molecule has 1 aromatic carbocycles. The van der Waals surface area contributed by atoms with Crippen molar-refractivity contribution in [1.82, 2.24) is 5.32 Å². The molecular formula is C14H21F2NO. The molecule has 102 valence electrons. The van der Waals surface area contributed by atoms with Crippen molar-refractivity contribution in [3.8, 4) is 5.75 Å². The quantitative estimate of drug-likeness (QED) is 0.683. The monoisotopic (exact) mass is 257 g/mol. The maximum absolute atomic E-state index is 13.2. The second-order valence-corrected chi connectivity index (χ2v) is 4.23. The summed E-state index contributed by atoms with van der Waals surface area (Å²) in [5.74, 6) is -1.04. The third-order valence-electron chi connectivity index (χ3n) is 2.64. The van der Waals surface area contributed by atoms with Crippen molar-refractivity contribution >= 4 is 0 Å². The van der Waals surface area contributed by atoms with Gasteiger partial charge in [-0.3, -0.25) is 0 Å². The summed E-state index contributed by atoms with van der Waals surface area (Å²) in [6.45, 7) is 4.10. The molecule has 1 aromatic rings. The highest BCUT2D eigenvalue weighted by Gasteiger charge is 2.04. The van der Waals surface area contributed by atoms with Crippen molar-refractivity contribution in [2.75, 3.05) is 19.7 Å². The van der Waals surface area contributed by atoms with Gasteiger partial charge in [0.25, 0.3) is 0 Å². The summed E-state index contributed by atoms with van der Waals surface area (Å²) in [6, 6.07) is 3.22. The lowest BCUT2D eigenvalue weighted by molar-refractivity contribution is 0.296. The van der Waals surface area contributed by atoms with Gasteiger partial charge < -0.3 is 10.1 Å². The van der Waals surface area contributed by atoms with E-state index in [9.17, 15) is 8.78 Å². The zero-order valence-electron chi connectivity index (χ0n) is 10.8. The zero-order chi connectivity index (χ0) is 13.2. The predicted molar refractivity (Wildman–Crippen MR) is 68.9 cm³/mol. The normalized spacial score (nSPS) is 10.6. The molecular weight excluding hydrogens is 236 g/mol. The van der Waals surface area contributed by atoms with Crippen LogP contribution in [0.4, 0.5) is 8.78 Å². The smallest absolute Gasteiger partial charge is 0.165 e. The topological polar surface area (TPSA) is 21.3 Å². The second-order valence-electron chi connectivity index (χ2n) is 4.23. The molecule has 0 amide bonds. The maximum atomic E-state index is 13.2. The standard InChI is InChI=1S/C14H21F2NO/c1-2-3-4-5-8-17-9-10-18-14-11-12(15)6-7-13(14)16/h6-7,11,17H,2-5,8-10H2,1H3. The van der Waals surface area contributed by atoms with Gasteiger partial charge in [-0.2, -0.15) is 0 Å². The van der Waals surface area contributed by atoms with Gasteiger partial charge in [-0.1, -0.05) is 26.2 Å². The minimum Gasteiger partial charge on any atom is -0.489 e. The van der Waals surface area contributed by atoms with Crippen molar-refractivity contribution in [3.63, 3.8) is 0 Å². The first-order valence-corrected chi connectivity index (χ1v) is 6.52. The molecule has 0 aliphatic rings. The van der Waals surface area contributed by atoms with Gasteiger partial charge >= 0.3 is 0 Å². The van der Waals surface area contributed by atoms with Crippen molar-refractivity contribution in [1.29, 1.82) is 0 Å². The lowest BCUT2D eigenvalue weighted by Crippen LogP contribution is -2.22. The molecule has 0 spiro atoms. The number of halogens is 2. The molecule has 0 radical (unpaired) electrons. The van der Waals surface area contributed by atoms with E-state index in [4.69, 9.17) is 4.74 Å². The molecule has 1 rings (SSSR count). The highest BCUT2D eigenvalue weighted by molar-refractivity contribution is 5.24. The number of nitrogens with one attached hydrogen (secondary N) is 1. The SMILES string of the molecule is CCCCCCNCCOc1cc(F)ccc1F. The first-order valence-electron chi connectivity index (χ1n) is 6.52. The molecule has 0 saturated carbocycles. The molecule has 0 fully saturated rings. The summed E-state index contributed by atoms with van der Waals surface area (Å²) >= 11 is 0. The van der Waals surface area contributed by atoms with Crippen molar-refractivity contribution < 1.29 is 13.5 Å². The molecule has 2 nitrogen and oxygen atoms in total. The summed E-state index contributed by atoms with van der Waals surface area (Å²) in [5.41, 5.74) is 0. The largest absolute Gasteiger partial charge is 0.489 e. The summed E-state index contributed by atoms with van der Waals surface area (Å²) in [6.07, 6.45) is 4.85. The average Bonchev–Trinajstić information content (AvgIpc) is 2.36. The summed E-state index contributed by atoms with van der Waals surface area (Å²) in [5, 5.41) is 3.21. The lowest BCUT2D eigenvalue weighted by Gasteiger charge is -2.08. The van der Waals surface area contributed by atoms with E-state index in [0.717, 1.165) is 31.2 Å². The second kappa shape index (κ2) is 8.86. The zero-order valence-corrected chi connectivity index (χ0v) is 10.8. The van der Waals surface area contributed by atoms with Crippen LogP contribution < -0.4 is 10.1 Å².